The van der Waals surface area contributed by atoms with E-state index in [0.717, 1.165) is 24.7 Å². The van der Waals surface area contributed by atoms with E-state index < -0.39 is 25.0 Å². The van der Waals surface area contributed by atoms with E-state index in [4.69, 9.17) is 13.3 Å². The van der Waals surface area contributed by atoms with Crippen LogP contribution in [0.15, 0.2) is 23.7 Å². The van der Waals surface area contributed by atoms with Crippen molar-refractivity contribution in [2.45, 2.75) is 117 Å². The lowest BCUT2D eigenvalue weighted by Gasteiger charge is -2.62. The Kier molecular flexibility index (Phi) is 6.79. The number of hydrogen-bond acceptors (Lipinski definition) is 3. The Bertz CT molecular complexity index is 846. The van der Waals surface area contributed by atoms with E-state index in [-0.39, 0.29) is 5.41 Å². The second-order valence-electron chi connectivity index (χ2n) is 15.3. The van der Waals surface area contributed by atoms with Crippen molar-refractivity contribution in [3.8, 4) is 0 Å². The molecule has 0 aliphatic heterocycles. The number of fused-ring (bicyclic) bond motifs is 5. The minimum absolute atomic E-state index is 0.213. The third kappa shape index (κ3) is 5.21. The van der Waals surface area contributed by atoms with E-state index in [1.807, 2.05) is 0 Å². The molecular weight excluding hydrogens is 469 g/mol. The summed E-state index contributed by atoms with van der Waals surface area (Å²) in [5.74, 6) is 5.38. The fraction of sp³-hybridized carbons (Fsp3) is 0.857. The minimum Gasteiger partial charge on any atom is -0.548 e. The van der Waals surface area contributed by atoms with Gasteiger partial charge in [-0.05, 0) is 132 Å². The van der Waals surface area contributed by atoms with Crippen LogP contribution >= 0.6 is 0 Å². The maximum Gasteiger partial charge on any atom is 0.241 e. The van der Waals surface area contributed by atoms with E-state index in [1.54, 1.807) is 0 Å². The molecule has 7 atom stereocenters. The molecule has 0 spiro atoms. The smallest absolute Gasteiger partial charge is 0.241 e. The first-order valence-corrected chi connectivity index (χ1v) is 24.1. The van der Waals surface area contributed by atoms with Crippen molar-refractivity contribution in [3.05, 3.63) is 23.7 Å². The average molecular weight is 521 g/mol. The van der Waals surface area contributed by atoms with Gasteiger partial charge < -0.3 is 13.3 Å². The minimum atomic E-state index is -1.66. The summed E-state index contributed by atoms with van der Waals surface area (Å²) < 4.78 is 20.3. The highest BCUT2D eigenvalue weighted by molar-refractivity contribution is 6.70. The first kappa shape index (κ1) is 26.7. The maximum atomic E-state index is 7.06. The fourth-order valence-corrected chi connectivity index (χ4v) is 11.0. The largest absolute Gasteiger partial charge is 0.548 e. The van der Waals surface area contributed by atoms with Gasteiger partial charge in [0.25, 0.3) is 0 Å². The van der Waals surface area contributed by atoms with Gasteiger partial charge in [0, 0.05) is 17.9 Å². The first-order chi connectivity index (χ1) is 15.4. The summed E-state index contributed by atoms with van der Waals surface area (Å²) in [7, 11) is -4.87. The zero-order chi connectivity index (χ0) is 25.3. The molecule has 2 saturated carbocycles. The van der Waals surface area contributed by atoms with Gasteiger partial charge in [-0.1, -0.05) is 13.8 Å². The topological polar surface area (TPSA) is 27.7 Å². The van der Waals surface area contributed by atoms with Crippen LogP contribution in [0, 0.1) is 34.5 Å². The highest BCUT2D eigenvalue weighted by Crippen LogP contribution is 2.67. The Morgan fingerprint density at radius 2 is 1.44 bits per heavy atom. The van der Waals surface area contributed by atoms with Crippen LogP contribution in [0.3, 0.4) is 0 Å². The van der Waals surface area contributed by atoms with Crippen LogP contribution in [0.5, 0.6) is 0 Å². The van der Waals surface area contributed by atoms with Gasteiger partial charge in [-0.3, -0.25) is 0 Å². The van der Waals surface area contributed by atoms with E-state index in [2.05, 4.69) is 84.9 Å². The molecule has 3 nitrogen and oxygen atoms in total. The van der Waals surface area contributed by atoms with Crippen molar-refractivity contribution in [2.24, 2.45) is 34.5 Å². The molecule has 0 saturated heterocycles. The molecule has 34 heavy (non-hydrogen) atoms. The zero-order valence-electron chi connectivity index (χ0n) is 24.0. The monoisotopic (exact) mass is 520 g/mol. The molecule has 2 fully saturated rings. The molecule has 3 unspecified atom stereocenters. The normalized spacial score (nSPS) is 40.5. The molecule has 0 N–H and O–H groups in total. The van der Waals surface area contributed by atoms with Gasteiger partial charge in [0.2, 0.25) is 16.6 Å². The van der Waals surface area contributed by atoms with Crippen LogP contribution in [0.2, 0.25) is 58.9 Å². The number of allylic oxidation sites excluding steroid dienone is 4. The molecule has 194 valence electrons. The Labute approximate surface area is 213 Å². The summed E-state index contributed by atoms with van der Waals surface area (Å²) in [6.07, 6.45) is 12.6. The third-order valence-electron chi connectivity index (χ3n) is 9.14. The summed E-state index contributed by atoms with van der Waals surface area (Å²) in [5.41, 5.74) is 0.522. The average Bonchev–Trinajstić information content (AvgIpc) is 2.95. The van der Waals surface area contributed by atoms with Crippen molar-refractivity contribution in [1.82, 2.24) is 0 Å². The van der Waals surface area contributed by atoms with Crippen LogP contribution in [-0.2, 0) is 13.3 Å². The SMILES string of the molecule is C[C@]12CCC3C(C[C@@H](O[Si](C)(C)C)[C@H]4CC(O[Si](C)(C)C)=CC[C@]34C)C1CC=C2O[Si](C)(C)C. The van der Waals surface area contributed by atoms with E-state index in [1.165, 1.54) is 37.2 Å². The maximum absolute atomic E-state index is 7.06. The van der Waals surface area contributed by atoms with Crippen LogP contribution in [0.4, 0.5) is 0 Å². The molecule has 4 rings (SSSR count). The van der Waals surface area contributed by atoms with Crippen LogP contribution < -0.4 is 0 Å². The molecule has 6 heteroatoms. The van der Waals surface area contributed by atoms with Gasteiger partial charge in [0.05, 0.1) is 11.5 Å². The Morgan fingerprint density at radius 1 is 0.794 bits per heavy atom. The van der Waals surface area contributed by atoms with Gasteiger partial charge in [-0.25, -0.2) is 0 Å². The molecule has 0 aromatic heterocycles. The highest BCUT2D eigenvalue weighted by atomic mass is 28.4. The van der Waals surface area contributed by atoms with Crippen molar-refractivity contribution in [1.29, 1.82) is 0 Å². The summed E-state index contributed by atoms with van der Waals surface area (Å²) >= 11 is 0. The second-order valence-corrected chi connectivity index (χ2v) is 28.6. The number of rotatable bonds is 6. The lowest BCUT2D eigenvalue weighted by Crippen LogP contribution is -2.58. The summed E-state index contributed by atoms with van der Waals surface area (Å²) in [4.78, 5) is 0. The highest BCUT2D eigenvalue weighted by Gasteiger charge is 2.61. The predicted octanol–water partition coefficient (Wildman–Crippen LogP) is 8.55. The zero-order valence-corrected chi connectivity index (χ0v) is 27.0. The molecule has 0 radical (unpaired) electrons. The van der Waals surface area contributed by atoms with E-state index in [0.29, 0.717) is 23.4 Å². The van der Waals surface area contributed by atoms with Gasteiger partial charge in [-0.2, -0.15) is 0 Å². The fourth-order valence-electron chi connectivity index (χ4n) is 7.95. The van der Waals surface area contributed by atoms with Gasteiger partial charge >= 0.3 is 0 Å². The molecule has 0 heterocycles. The van der Waals surface area contributed by atoms with Crippen molar-refractivity contribution >= 4 is 25.0 Å². The van der Waals surface area contributed by atoms with Crippen LogP contribution in [0.25, 0.3) is 0 Å². The Morgan fingerprint density at radius 3 is 2.03 bits per heavy atom. The first-order valence-electron chi connectivity index (χ1n) is 13.9. The Hall–Kier alpha value is -0.309. The molecule has 0 amide bonds. The standard InChI is InChI=1S/C28H52O3Si3/c1-27-16-14-20(29-32(3,4)5)18-24(27)25(30-33(6,7)8)19-21-22-12-13-26(31-34(9,10)11)28(22,2)17-15-23(21)27/h13-14,21-25H,12,15-19H2,1-11H3/t21?,22?,23?,24-,25-,27-,28+/m1/s1. The third-order valence-corrected chi connectivity index (χ3v) is 11.9. The predicted molar refractivity (Wildman–Crippen MR) is 151 cm³/mol. The summed E-state index contributed by atoms with van der Waals surface area (Å²) in [6.45, 7) is 26.2. The molecule has 0 bridgehead atoms. The lowest BCUT2D eigenvalue weighted by molar-refractivity contribution is -0.137. The summed E-state index contributed by atoms with van der Waals surface area (Å²) in [5, 5.41) is 0. The quantitative estimate of drug-likeness (QED) is 0.328. The second kappa shape index (κ2) is 8.63. The van der Waals surface area contributed by atoms with Gasteiger partial charge in [0.1, 0.15) is 0 Å². The van der Waals surface area contributed by atoms with Gasteiger partial charge in [-0.15, -0.1) is 0 Å². The van der Waals surface area contributed by atoms with Crippen molar-refractivity contribution in [3.63, 3.8) is 0 Å². The summed E-state index contributed by atoms with van der Waals surface area (Å²) in [6, 6.07) is 0. The van der Waals surface area contributed by atoms with Gasteiger partial charge in [0.15, 0.2) is 8.32 Å². The van der Waals surface area contributed by atoms with E-state index in [9.17, 15) is 0 Å². The van der Waals surface area contributed by atoms with E-state index >= 15 is 0 Å². The van der Waals surface area contributed by atoms with Crippen LogP contribution in [-0.4, -0.2) is 31.1 Å². The molecule has 0 aromatic rings. The number of hydrogen-bond donors (Lipinski definition) is 0. The Balaban J connectivity index is 1.65. The van der Waals surface area contributed by atoms with Crippen molar-refractivity contribution < 1.29 is 13.3 Å². The molecule has 4 aliphatic rings. The molecule has 4 aliphatic carbocycles. The molecular formula is C28H52O3Si3. The van der Waals surface area contributed by atoms with Crippen molar-refractivity contribution in [2.75, 3.05) is 0 Å². The molecule has 0 aromatic carbocycles. The van der Waals surface area contributed by atoms with Crippen LogP contribution in [0.1, 0.15) is 52.4 Å². The lowest BCUT2D eigenvalue weighted by atomic mass is 9.45.